The van der Waals surface area contributed by atoms with E-state index in [0.717, 1.165) is 19.3 Å². The first-order chi connectivity index (χ1) is 9.71. The second-order valence-corrected chi connectivity index (χ2v) is 7.04. The number of piperidine rings is 1. The molecule has 2 saturated heterocycles. The van der Waals surface area contributed by atoms with Gasteiger partial charge in [0.15, 0.2) is 0 Å². The number of amides is 1. The molecule has 2 fully saturated rings. The molecule has 1 atom stereocenters. The van der Waals surface area contributed by atoms with Crippen LogP contribution >= 0.6 is 0 Å². The van der Waals surface area contributed by atoms with Crippen LogP contribution in [-0.4, -0.2) is 53.0 Å². The Bertz CT molecular complexity index is 397. The third-order valence-electron chi connectivity index (χ3n) is 4.21. The van der Waals surface area contributed by atoms with Gasteiger partial charge in [-0.25, -0.2) is 4.79 Å². The second-order valence-electron chi connectivity index (χ2n) is 7.04. The molecule has 0 aromatic rings. The minimum Gasteiger partial charge on any atom is -0.481 e. The van der Waals surface area contributed by atoms with Crippen LogP contribution in [0.3, 0.4) is 0 Å². The van der Waals surface area contributed by atoms with Crippen LogP contribution in [-0.2, 0) is 14.3 Å². The zero-order chi connectivity index (χ0) is 15.7. The number of carbonyl (C=O) groups excluding carboxylic acids is 1. The fourth-order valence-corrected chi connectivity index (χ4v) is 2.88. The second kappa shape index (κ2) is 5.83. The third-order valence-corrected chi connectivity index (χ3v) is 4.21. The van der Waals surface area contributed by atoms with Crippen molar-refractivity contribution in [2.24, 2.45) is 5.92 Å². The monoisotopic (exact) mass is 299 g/mol. The lowest BCUT2D eigenvalue weighted by atomic mass is 9.82. The van der Waals surface area contributed by atoms with Gasteiger partial charge in [-0.2, -0.15) is 0 Å². The average Bonchev–Trinajstić information content (AvgIpc) is 2.38. The topological polar surface area (TPSA) is 76.1 Å². The van der Waals surface area contributed by atoms with Gasteiger partial charge in [0.05, 0.1) is 18.1 Å². The zero-order valence-electron chi connectivity index (χ0n) is 13.1. The molecule has 2 rings (SSSR count). The van der Waals surface area contributed by atoms with E-state index < -0.39 is 11.6 Å². The van der Waals surface area contributed by atoms with Crippen molar-refractivity contribution < 1.29 is 24.2 Å². The molecule has 0 aliphatic carbocycles. The summed E-state index contributed by atoms with van der Waals surface area (Å²) in [7, 11) is 0. The van der Waals surface area contributed by atoms with Crippen LogP contribution in [0.4, 0.5) is 4.79 Å². The molecule has 1 unspecified atom stereocenters. The van der Waals surface area contributed by atoms with Crippen molar-refractivity contribution in [3.8, 4) is 0 Å². The summed E-state index contributed by atoms with van der Waals surface area (Å²) in [5, 5.41) is 9.00. The van der Waals surface area contributed by atoms with Gasteiger partial charge in [0.25, 0.3) is 0 Å². The summed E-state index contributed by atoms with van der Waals surface area (Å²) >= 11 is 0. The Kier molecular flexibility index (Phi) is 4.46. The molecule has 0 aromatic carbocycles. The molecular formula is C15H25NO5. The molecule has 1 amide bonds. The van der Waals surface area contributed by atoms with Gasteiger partial charge in [0.1, 0.15) is 5.60 Å². The van der Waals surface area contributed by atoms with Crippen molar-refractivity contribution in [1.29, 1.82) is 0 Å². The van der Waals surface area contributed by atoms with E-state index in [4.69, 9.17) is 14.6 Å². The first-order valence-electron chi connectivity index (χ1n) is 7.55. The first kappa shape index (κ1) is 16.1. The molecule has 6 nitrogen and oxygen atoms in total. The Hall–Kier alpha value is -1.30. The average molecular weight is 299 g/mol. The van der Waals surface area contributed by atoms with E-state index in [0.29, 0.717) is 19.5 Å². The number of hydrogen-bond donors (Lipinski definition) is 1. The predicted octanol–water partition coefficient (Wildman–Crippen LogP) is 2.27. The van der Waals surface area contributed by atoms with Gasteiger partial charge in [-0.05, 0) is 46.5 Å². The van der Waals surface area contributed by atoms with E-state index in [2.05, 4.69) is 0 Å². The summed E-state index contributed by atoms with van der Waals surface area (Å²) in [6.07, 6.45) is 2.63. The van der Waals surface area contributed by atoms with Crippen LogP contribution in [0, 0.1) is 5.92 Å². The maximum atomic E-state index is 12.0. The zero-order valence-corrected chi connectivity index (χ0v) is 13.1. The van der Waals surface area contributed by atoms with Crippen molar-refractivity contribution in [3.05, 3.63) is 0 Å². The van der Waals surface area contributed by atoms with Gasteiger partial charge in [0.2, 0.25) is 0 Å². The molecule has 1 N–H and O–H groups in total. The Morgan fingerprint density at radius 1 is 1.24 bits per heavy atom. The van der Waals surface area contributed by atoms with Gasteiger partial charge in [-0.1, -0.05) is 0 Å². The summed E-state index contributed by atoms with van der Waals surface area (Å²) in [6.45, 7) is 7.05. The highest BCUT2D eigenvalue weighted by atomic mass is 16.6. The van der Waals surface area contributed by atoms with Crippen LogP contribution < -0.4 is 0 Å². The Balaban J connectivity index is 1.84. The number of likely N-dealkylation sites (tertiary alicyclic amines) is 1. The number of carboxylic acids is 1. The molecule has 0 saturated carbocycles. The number of hydrogen-bond acceptors (Lipinski definition) is 4. The molecule has 2 aliphatic rings. The van der Waals surface area contributed by atoms with Gasteiger partial charge in [-0.3, -0.25) is 4.79 Å². The third kappa shape index (κ3) is 4.09. The first-order valence-corrected chi connectivity index (χ1v) is 7.55. The van der Waals surface area contributed by atoms with Crippen LogP contribution in [0.5, 0.6) is 0 Å². The Labute approximate surface area is 125 Å². The lowest BCUT2D eigenvalue weighted by Gasteiger charge is -2.45. The minimum absolute atomic E-state index is 0.246. The predicted molar refractivity (Wildman–Crippen MR) is 76.1 cm³/mol. The Morgan fingerprint density at radius 2 is 1.86 bits per heavy atom. The van der Waals surface area contributed by atoms with Crippen molar-refractivity contribution in [2.45, 2.75) is 57.7 Å². The Morgan fingerprint density at radius 3 is 2.29 bits per heavy atom. The summed E-state index contributed by atoms with van der Waals surface area (Å²) in [5.74, 6) is -1.17. The van der Waals surface area contributed by atoms with E-state index >= 15 is 0 Å². The largest absolute Gasteiger partial charge is 0.481 e. The molecule has 120 valence electrons. The molecule has 2 aliphatic heterocycles. The lowest BCUT2D eigenvalue weighted by Crippen LogP contribution is -2.51. The van der Waals surface area contributed by atoms with E-state index in [9.17, 15) is 9.59 Å². The van der Waals surface area contributed by atoms with Crippen molar-refractivity contribution in [3.63, 3.8) is 0 Å². The number of carboxylic acid groups (broad SMARTS) is 1. The van der Waals surface area contributed by atoms with Gasteiger partial charge < -0.3 is 19.5 Å². The van der Waals surface area contributed by atoms with Crippen LogP contribution in [0.15, 0.2) is 0 Å². The normalized spacial score (nSPS) is 25.7. The summed E-state index contributed by atoms with van der Waals surface area (Å²) in [5.41, 5.74) is -0.729. The highest BCUT2D eigenvalue weighted by molar-refractivity contribution is 5.70. The standard InChI is InChI=1S/C15H25NO5/c1-14(2,3)21-13(19)16-8-6-15(7-9-16)5-4-11(10-20-15)12(17)18/h11H,4-10H2,1-3H3,(H,17,18). The maximum absolute atomic E-state index is 12.0. The summed E-state index contributed by atoms with van der Waals surface area (Å²) < 4.78 is 11.2. The van der Waals surface area contributed by atoms with Gasteiger partial charge in [0, 0.05) is 13.1 Å². The molecule has 1 spiro atoms. The van der Waals surface area contributed by atoms with E-state index in [1.165, 1.54) is 0 Å². The molecule has 6 heteroatoms. The number of rotatable bonds is 1. The summed E-state index contributed by atoms with van der Waals surface area (Å²) in [6, 6.07) is 0. The van der Waals surface area contributed by atoms with Crippen molar-refractivity contribution in [1.82, 2.24) is 4.90 Å². The minimum atomic E-state index is -0.781. The van der Waals surface area contributed by atoms with Crippen molar-refractivity contribution >= 4 is 12.1 Å². The molecule has 0 aromatic heterocycles. The van der Waals surface area contributed by atoms with E-state index in [1.807, 2.05) is 20.8 Å². The van der Waals surface area contributed by atoms with Crippen LogP contribution in [0.1, 0.15) is 46.5 Å². The maximum Gasteiger partial charge on any atom is 0.410 e. The fourth-order valence-electron chi connectivity index (χ4n) is 2.88. The van der Waals surface area contributed by atoms with Crippen molar-refractivity contribution in [2.75, 3.05) is 19.7 Å². The molecular weight excluding hydrogens is 274 g/mol. The highest BCUT2D eigenvalue weighted by Gasteiger charge is 2.42. The molecule has 0 radical (unpaired) electrons. The fraction of sp³-hybridized carbons (Fsp3) is 0.867. The van der Waals surface area contributed by atoms with E-state index in [-0.39, 0.29) is 24.2 Å². The SMILES string of the molecule is CC(C)(C)OC(=O)N1CCC2(CCC(C(=O)O)CO2)CC1. The summed E-state index contributed by atoms with van der Waals surface area (Å²) in [4.78, 5) is 24.7. The van der Waals surface area contributed by atoms with Gasteiger partial charge >= 0.3 is 12.1 Å². The van der Waals surface area contributed by atoms with E-state index in [1.54, 1.807) is 4.90 Å². The van der Waals surface area contributed by atoms with Crippen LogP contribution in [0.25, 0.3) is 0 Å². The molecule has 0 bridgehead atoms. The quantitative estimate of drug-likeness (QED) is 0.803. The number of aliphatic carboxylic acids is 1. The lowest BCUT2D eigenvalue weighted by molar-refractivity contribution is -0.161. The van der Waals surface area contributed by atoms with Crippen LogP contribution in [0.2, 0.25) is 0 Å². The molecule has 2 heterocycles. The number of ether oxygens (including phenoxy) is 2. The number of nitrogens with zero attached hydrogens (tertiary/aromatic N) is 1. The molecule has 21 heavy (non-hydrogen) atoms. The van der Waals surface area contributed by atoms with Gasteiger partial charge in [-0.15, -0.1) is 0 Å². The smallest absolute Gasteiger partial charge is 0.410 e. The number of carbonyl (C=O) groups is 2. The highest BCUT2D eigenvalue weighted by Crippen LogP contribution is 2.37.